The molecule has 22 heavy (non-hydrogen) atoms. The number of nitrogens with zero attached hydrogens (tertiary/aromatic N) is 1. The molecule has 1 aromatic carbocycles. The van der Waals surface area contributed by atoms with Crippen molar-refractivity contribution in [2.45, 2.75) is 6.54 Å². The minimum atomic E-state index is -0.192. The summed E-state index contributed by atoms with van der Waals surface area (Å²) in [4.78, 5) is 13.9. The molecule has 0 radical (unpaired) electrons. The maximum absolute atomic E-state index is 11.8. The van der Waals surface area contributed by atoms with Crippen molar-refractivity contribution < 1.29 is 18.6 Å². The second-order valence-corrected chi connectivity index (χ2v) is 4.88. The molecule has 0 saturated heterocycles. The van der Waals surface area contributed by atoms with Crippen molar-refractivity contribution in [2.75, 3.05) is 32.3 Å². The lowest BCUT2D eigenvalue weighted by Gasteiger charge is -2.31. The predicted octanol–water partition coefficient (Wildman–Crippen LogP) is 2.06. The van der Waals surface area contributed by atoms with Crippen molar-refractivity contribution in [3.05, 3.63) is 46.5 Å². The van der Waals surface area contributed by atoms with Gasteiger partial charge in [-0.2, -0.15) is 0 Å². The quantitative estimate of drug-likeness (QED) is 0.861. The molecule has 6 heteroatoms. The lowest BCUT2D eigenvalue weighted by molar-refractivity contribution is 0.302. The Balaban J connectivity index is 1.88. The molecule has 3 rings (SSSR count). The molecule has 2 aromatic rings. The van der Waals surface area contributed by atoms with E-state index >= 15 is 0 Å². The Kier molecular flexibility index (Phi) is 3.91. The van der Waals surface area contributed by atoms with E-state index in [9.17, 15) is 4.79 Å². The minimum absolute atomic E-state index is 0.192. The first-order valence-corrected chi connectivity index (χ1v) is 6.93. The molecule has 116 valence electrons. The van der Waals surface area contributed by atoms with E-state index in [0.29, 0.717) is 25.5 Å². The van der Waals surface area contributed by atoms with Crippen LogP contribution in [0, 0.1) is 0 Å². The van der Waals surface area contributed by atoms with Crippen LogP contribution in [0.3, 0.4) is 0 Å². The standard InChI is InChI=1S/C16H17NO5/c1-19-11-3-4-15-13(7-11)17(5-6-21-15)9-12-8-14(18)16(20-2)10-22-12/h3-4,7-8,10H,5-6,9H2,1-2H3. The van der Waals surface area contributed by atoms with Gasteiger partial charge in [0.2, 0.25) is 11.2 Å². The van der Waals surface area contributed by atoms with Crippen LogP contribution in [0.15, 0.2) is 39.7 Å². The smallest absolute Gasteiger partial charge is 0.227 e. The Morgan fingerprint density at radius 1 is 1.23 bits per heavy atom. The van der Waals surface area contributed by atoms with E-state index in [1.807, 2.05) is 18.2 Å². The summed E-state index contributed by atoms with van der Waals surface area (Å²) in [6.45, 7) is 1.76. The van der Waals surface area contributed by atoms with E-state index in [1.165, 1.54) is 19.4 Å². The molecular formula is C16H17NO5. The lowest BCUT2D eigenvalue weighted by Crippen LogP contribution is -2.32. The highest BCUT2D eigenvalue weighted by molar-refractivity contribution is 5.62. The van der Waals surface area contributed by atoms with Crippen molar-refractivity contribution in [3.63, 3.8) is 0 Å². The molecule has 0 fully saturated rings. The Hall–Kier alpha value is -2.63. The van der Waals surface area contributed by atoms with Crippen LogP contribution in [0.5, 0.6) is 17.2 Å². The summed E-state index contributed by atoms with van der Waals surface area (Å²) >= 11 is 0. The maximum atomic E-state index is 11.8. The van der Waals surface area contributed by atoms with Gasteiger partial charge in [-0.15, -0.1) is 0 Å². The fraction of sp³-hybridized carbons (Fsp3) is 0.312. The molecule has 1 aliphatic heterocycles. The summed E-state index contributed by atoms with van der Waals surface area (Å²) in [6, 6.07) is 7.10. The Labute approximate surface area is 127 Å². The van der Waals surface area contributed by atoms with E-state index < -0.39 is 0 Å². The van der Waals surface area contributed by atoms with E-state index in [4.69, 9.17) is 18.6 Å². The molecule has 1 aliphatic rings. The Morgan fingerprint density at radius 2 is 2.09 bits per heavy atom. The third-order valence-electron chi connectivity index (χ3n) is 3.54. The van der Waals surface area contributed by atoms with Crippen LogP contribution < -0.4 is 24.5 Å². The van der Waals surface area contributed by atoms with Gasteiger partial charge < -0.3 is 23.5 Å². The van der Waals surface area contributed by atoms with Gasteiger partial charge in [-0.1, -0.05) is 0 Å². The Morgan fingerprint density at radius 3 is 2.82 bits per heavy atom. The van der Waals surface area contributed by atoms with Crippen LogP contribution in [0.1, 0.15) is 5.76 Å². The highest BCUT2D eigenvalue weighted by atomic mass is 16.5. The number of rotatable bonds is 4. The number of hydrogen-bond acceptors (Lipinski definition) is 6. The topological polar surface area (TPSA) is 61.1 Å². The van der Waals surface area contributed by atoms with Crippen molar-refractivity contribution in [1.82, 2.24) is 0 Å². The minimum Gasteiger partial charge on any atom is -0.497 e. The summed E-state index contributed by atoms with van der Waals surface area (Å²) in [6.07, 6.45) is 1.34. The summed E-state index contributed by atoms with van der Waals surface area (Å²) < 4.78 is 21.3. The van der Waals surface area contributed by atoms with Gasteiger partial charge in [-0.25, -0.2) is 0 Å². The van der Waals surface area contributed by atoms with Crippen molar-refractivity contribution in [2.24, 2.45) is 0 Å². The average molecular weight is 303 g/mol. The van der Waals surface area contributed by atoms with Crippen LogP contribution >= 0.6 is 0 Å². The number of benzene rings is 1. The lowest BCUT2D eigenvalue weighted by atomic mass is 10.2. The molecule has 0 N–H and O–H groups in total. The zero-order valence-electron chi connectivity index (χ0n) is 12.5. The van der Waals surface area contributed by atoms with Crippen LogP contribution in [0.25, 0.3) is 0 Å². The van der Waals surface area contributed by atoms with Gasteiger partial charge in [0.05, 0.1) is 33.0 Å². The van der Waals surface area contributed by atoms with Crippen molar-refractivity contribution >= 4 is 5.69 Å². The molecule has 0 unspecified atom stereocenters. The van der Waals surface area contributed by atoms with Crippen LogP contribution in [-0.2, 0) is 6.54 Å². The number of anilines is 1. The molecule has 0 bridgehead atoms. The first-order chi connectivity index (χ1) is 10.7. The van der Waals surface area contributed by atoms with Gasteiger partial charge in [-0.05, 0) is 12.1 Å². The Bertz CT molecular complexity index is 725. The van der Waals surface area contributed by atoms with E-state index in [1.54, 1.807) is 7.11 Å². The van der Waals surface area contributed by atoms with Gasteiger partial charge >= 0.3 is 0 Å². The van der Waals surface area contributed by atoms with E-state index in [-0.39, 0.29) is 11.2 Å². The molecule has 0 atom stereocenters. The fourth-order valence-electron chi connectivity index (χ4n) is 2.40. The summed E-state index contributed by atoms with van der Waals surface area (Å²) in [7, 11) is 3.06. The third kappa shape index (κ3) is 2.72. The number of ether oxygens (including phenoxy) is 3. The first kappa shape index (κ1) is 14.3. The van der Waals surface area contributed by atoms with E-state index in [0.717, 1.165) is 17.2 Å². The highest BCUT2D eigenvalue weighted by Crippen LogP contribution is 2.35. The van der Waals surface area contributed by atoms with Crippen LogP contribution in [-0.4, -0.2) is 27.4 Å². The van der Waals surface area contributed by atoms with Gasteiger partial charge in [0.15, 0.2) is 0 Å². The molecule has 6 nitrogen and oxygen atoms in total. The van der Waals surface area contributed by atoms with Crippen LogP contribution in [0.2, 0.25) is 0 Å². The maximum Gasteiger partial charge on any atom is 0.227 e. The second-order valence-electron chi connectivity index (χ2n) is 4.88. The zero-order valence-corrected chi connectivity index (χ0v) is 12.5. The molecule has 1 aromatic heterocycles. The largest absolute Gasteiger partial charge is 0.497 e. The van der Waals surface area contributed by atoms with Crippen LogP contribution in [0.4, 0.5) is 5.69 Å². The average Bonchev–Trinajstić information content (AvgIpc) is 2.55. The highest BCUT2D eigenvalue weighted by Gasteiger charge is 2.20. The molecule has 0 aliphatic carbocycles. The van der Waals surface area contributed by atoms with Gasteiger partial charge in [-0.3, -0.25) is 4.79 Å². The first-order valence-electron chi connectivity index (χ1n) is 6.93. The normalized spacial score (nSPS) is 13.3. The van der Waals surface area contributed by atoms with Gasteiger partial charge in [0.25, 0.3) is 0 Å². The zero-order chi connectivity index (χ0) is 15.5. The number of fused-ring (bicyclic) bond motifs is 1. The van der Waals surface area contributed by atoms with Gasteiger partial charge in [0, 0.05) is 12.1 Å². The van der Waals surface area contributed by atoms with Crippen molar-refractivity contribution in [1.29, 1.82) is 0 Å². The monoisotopic (exact) mass is 303 g/mol. The SMILES string of the molecule is COc1ccc2c(c1)N(Cc1cc(=O)c(OC)co1)CCO2. The number of methoxy groups -OCH3 is 2. The van der Waals surface area contributed by atoms with Crippen molar-refractivity contribution in [3.8, 4) is 17.2 Å². The summed E-state index contributed by atoms with van der Waals surface area (Å²) in [5.74, 6) is 2.32. The summed E-state index contributed by atoms with van der Waals surface area (Å²) in [5, 5.41) is 0. The van der Waals surface area contributed by atoms with E-state index in [2.05, 4.69) is 4.90 Å². The number of hydrogen-bond donors (Lipinski definition) is 0. The molecule has 0 amide bonds. The molecule has 2 heterocycles. The fourth-order valence-corrected chi connectivity index (χ4v) is 2.40. The molecular weight excluding hydrogens is 286 g/mol. The third-order valence-corrected chi connectivity index (χ3v) is 3.54. The summed E-state index contributed by atoms with van der Waals surface area (Å²) in [5.41, 5.74) is 0.729. The molecule has 0 saturated carbocycles. The second kappa shape index (κ2) is 6.01. The predicted molar refractivity (Wildman–Crippen MR) is 81.1 cm³/mol. The molecule has 0 spiro atoms. The van der Waals surface area contributed by atoms with Gasteiger partial charge in [0.1, 0.15) is 30.1 Å².